The summed E-state index contributed by atoms with van der Waals surface area (Å²) in [7, 11) is 0. The maximum Gasteiger partial charge on any atom is 0.179 e. The van der Waals surface area contributed by atoms with Crippen LogP contribution in [0.15, 0.2) is 6.20 Å². The highest BCUT2D eigenvalue weighted by Gasteiger charge is 2.39. The normalized spacial score (nSPS) is 29.2. The molecule has 3 aliphatic rings. The molecule has 0 spiro atoms. The highest BCUT2D eigenvalue weighted by Crippen LogP contribution is 2.43. The van der Waals surface area contributed by atoms with Crippen molar-refractivity contribution in [1.82, 2.24) is 19.6 Å². The van der Waals surface area contributed by atoms with Crippen LogP contribution in [0.4, 0.5) is 5.82 Å². The minimum Gasteiger partial charge on any atom is -0.381 e. The zero-order valence-corrected chi connectivity index (χ0v) is 15.4. The molecule has 1 aliphatic carbocycles. The van der Waals surface area contributed by atoms with Gasteiger partial charge < -0.3 is 14.8 Å². The van der Waals surface area contributed by atoms with Gasteiger partial charge in [-0.1, -0.05) is 13.3 Å². The fourth-order valence-corrected chi connectivity index (χ4v) is 4.93. The smallest absolute Gasteiger partial charge is 0.179 e. The van der Waals surface area contributed by atoms with E-state index in [0.717, 1.165) is 75.6 Å². The average Bonchev–Trinajstić information content (AvgIpc) is 3.39. The highest BCUT2D eigenvalue weighted by atomic mass is 16.5. The quantitative estimate of drug-likeness (QED) is 0.907. The van der Waals surface area contributed by atoms with Crippen molar-refractivity contribution in [2.24, 2.45) is 5.92 Å². The highest BCUT2D eigenvalue weighted by molar-refractivity contribution is 5.52. The third-order valence-electron chi connectivity index (χ3n) is 6.28. The summed E-state index contributed by atoms with van der Waals surface area (Å²) < 4.78 is 14.2. The molecule has 3 atom stereocenters. The monoisotopic (exact) mass is 357 g/mol. The minimum absolute atomic E-state index is 0.327. The van der Waals surface area contributed by atoms with Crippen LogP contribution in [-0.4, -0.2) is 51.5 Å². The molecule has 1 saturated carbocycles. The number of rotatable bonds is 4. The Morgan fingerprint density at radius 2 is 2.12 bits per heavy atom. The number of fused-ring (bicyclic) bond motifs is 3. The second kappa shape index (κ2) is 6.78. The van der Waals surface area contributed by atoms with Crippen LogP contribution < -0.4 is 5.32 Å². The SMILES string of the molecule is CC[C@@H]1C[C@H](OC2CCOCC2)C[C@@H]1c1nnc2cnc3c(n12)CCN3. The van der Waals surface area contributed by atoms with Crippen molar-refractivity contribution in [1.29, 1.82) is 0 Å². The maximum absolute atomic E-state index is 6.46. The number of nitrogens with one attached hydrogen (secondary N) is 1. The van der Waals surface area contributed by atoms with Gasteiger partial charge in [-0.2, -0.15) is 0 Å². The van der Waals surface area contributed by atoms with Crippen LogP contribution in [-0.2, 0) is 15.9 Å². The molecule has 2 fully saturated rings. The predicted molar refractivity (Wildman–Crippen MR) is 97.4 cm³/mol. The molecule has 7 heteroatoms. The Morgan fingerprint density at radius 1 is 1.23 bits per heavy atom. The molecular formula is C19H27N5O2. The Hall–Kier alpha value is -1.73. The van der Waals surface area contributed by atoms with Gasteiger partial charge in [0.25, 0.3) is 0 Å². The first-order valence-electron chi connectivity index (χ1n) is 10.0. The molecule has 7 nitrogen and oxygen atoms in total. The van der Waals surface area contributed by atoms with E-state index >= 15 is 0 Å². The first kappa shape index (κ1) is 16.4. The molecule has 4 heterocycles. The van der Waals surface area contributed by atoms with E-state index in [-0.39, 0.29) is 0 Å². The third kappa shape index (κ3) is 2.77. The molecule has 1 saturated heterocycles. The van der Waals surface area contributed by atoms with Gasteiger partial charge in [0.1, 0.15) is 11.6 Å². The van der Waals surface area contributed by atoms with Crippen LogP contribution in [0.3, 0.4) is 0 Å². The standard InChI is InChI=1S/C19H27N5O2/c1-2-12-9-14(26-13-4-7-25-8-5-13)10-15(12)19-23-22-17-11-21-18-16(24(17)19)3-6-20-18/h11-15,20H,2-10H2,1H3/t12-,14+,15+/m1/s1. The van der Waals surface area contributed by atoms with Gasteiger partial charge in [-0.25, -0.2) is 4.98 Å². The van der Waals surface area contributed by atoms with Crippen molar-refractivity contribution in [3.8, 4) is 0 Å². The van der Waals surface area contributed by atoms with E-state index < -0.39 is 0 Å². The summed E-state index contributed by atoms with van der Waals surface area (Å²) in [6.07, 6.45) is 8.87. The Kier molecular flexibility index (Phi) is 4.29. The summed E-state index contributed by atoms with van der Waals surface area (Å²) in [5.74, 6) is 3.10. The van der Waals surface area contributed by atoms with Gasteiger partial charge in [0, 0.05) is 32.1 Å². The van der Waals surface area contributed by atoms with Crippen LogP contribution in [0.2, 0.25) is 0 Å². The van der Waals surface area contributed by atoms with Gasteiger partial charge in [0.05, 0.1) is 24.1 Å². The summed E-state index contributed by atoms with van der Waals surface area (Å²) in [5.41, 5.74) is 2.09. The van der Waals surface area contributed by atoms with Crippen molar-refractivity contribution >= 4 is 11.5 Å². The second-order valence-corrected chi connectivity index (χ2v) is 7.80. The lowest BCUT2D eigenvalue weighted by Gasteiger charge is -2.25. The fraction of sp³-hybridized carbons (Fsp3) is 0.737. The number of hydrogen-bond donors (Lipinski definition) is 1. The average molecular weight is 357 g/mol. The summed E-state index contributed by atoms with van der Waals surface area (Å²) in [6, 6.07) is 0. The molecule has 0 bridgehead atoms. The first-order valence-corrected chi connectivity index (χ1v) is 10.0. The zero-order chi connectivity index (χ0) is 17.5. The molecule has 1 N–H and O–H groups in total. The van der Waals surface area contributed by atoms with Crippen molar-refractivity contribution < 1.29 is 9.47 Å². The summed E-state index contributed by atoms with van der Waals surface area (Å²) in [6.45, 7) is 4.89. The van der Waals surface area contributed by atoms with Crippen molar-refractivity contribution in [3.05, 3.63) is 17.7 Å². The van der Waals surface area contributed by atoms with Crippen LogP contribution in [0, 0.1) is 5.92 Å². The number of ether oxygens (including phenoxy) is 2. The van der Waals surface area contributed by atoms with E-state index in [9.17, 15) is 0 Å². The molecule has 0 radical (unpaired) electrons. The molecule has 2 aromatic heterocycles. The van der Waals surface area contributed by atoms with Crippen molar-refractivity contribution in [2.45, 2.75) is 63.6 Å². The maximum atomic E-state index is 6.46. The van der Waals surface area contributed by atoms with Gasteiger partial charge >= 0.3 is 0 Å². The van der Waals surface area contributed by atoms with E-state index in [0.29, 0.717) is 24.0 Å². The summed E-state index contributed by atoms with van der Waals surface area (Å²) >= 11 is 0. The lowest BCUT2D eigenvalue weighted by molar-refractivity contribution is -0.0668. The molecular weight excluding hydrogens is 330 g/mol. The minimum atomic E-state index is 0.327. The number of hydrogen-bond acceptors (Lipinski definition) is 6. The molecule has 26 heavy (non-hydrogen) atoms. The van der Waals surface area contributed by atoms with Crippen molar-refractivity contribution in [2.75, 3.05) is 25.1 Å². The zero-order valence-electron chi connectivity index (χ0n) is 15.4. The van der Waals surface area contributed by atoms with Gasteiger partial charge in [-0.05, 0) is 31.6 Å². The van der Waals surface area contributed by atoms with Gasteiger partial charge in [-0.15, -0.1) is 10.2 Å². The molecule has 2 aromatic rings. The Bertz CT molecular complexity index is 786. The Labute approximate surface area is 153 Å². The largest absolute Gasteiger partial charge is 0.381 e. The van der Waals surface area contributed by atoms with Crippen LogP contribution in [0.1, 0.15) is 56.5 Å². The van der Waals surface area contributed by atoms with E-state index in [1.54, 1.807) is 0 Å². The molecule has 0 unspecified atom stereocenters. The predicted octanol–water partition coefficient (Wildman–Crippen LogP) is 2.56. The lowest BCUT2D eigenvalue weighted by Crippen LogP contribution is -2.27. The molecule has 0 amide bonds. The van der Waals surface area contributed by atoms with Crippen molar-refractivity contribution in [3.63, 3.8) is 0 Å². The number of nitrogens with zero attached hydrogens (tertiary/aromatic N) is 4. The van der Waals surface area contributed by atoms with Crippen LogP contribution >= 0.6 is 0 Å². The molecule has 2 aliphatic heterocycles. The molecule has 5 rings (SSSR count). The number of aromatic nitrogens is 4. The van der Waals surface area contributed by atoms with Gasteiger partial charge in [0.2, 0.25) is 0 Å². The first-order chi connectivity index (χ1) is 12.8. The van der Waals surface area contributed by atoms with E-state index in [1.165, 1.54) is 5.69 Å². The van der Waals surface area contributed by atoms with Gasteiger partial charge in [-0.3, -0.25) is 4.40 Å². The summed E-state index contributed by atoms with van der Waals surface area (Å²) in [4.78, 5) is 4.49. The third-order valence-corrected chi connectivity index (χ3v) is 6.28. The Balaban J connectivity index is 1.42. The molecule has 0 aromatic carbocycles. The Morgan fingerprint density at radius 3 is 2.96 bits per heavy atom. The fourth-order valence-electron chi connectivity index (χ4n) is 4.93. The lowest BCUT2D eigenvalue weighted by atomic mass is 9.93. The second-order valence-electron chi connectivity index (χ2n) is 7.80. The van der Waals surface area contributed by atoms with E-state index in [4.69, 9.17) is 9.47 Å². The number of anilines is 1. The molecule has 140 valence electrons. The van der Waals surface area contributed by atoms with Crippen LogP contribution in [0.25, 0.3) is 5.65 Å². The van der Waals surface area contributed by atoms with Gasteiger partial charge in [0.15, 0.2) is 5.65 Å². The van der Waals surface area contributed by atoms with E-state index in [2.05, 4.69) is 31.8 Å². The summed E-state index contributed by atoms with van der Waals surface area (Å²) in [5, 5.41) is 12.4. The van der Waals surface area contributed by atoms with E-state index in [1.807, 2.05) is 6.20 Å². The topological polar surface area (TPSA) is 73.6 Å². The van der Waals surface area contributed by atoms with Crippen LogP contribution in [0.5, 0.6) is 0 Å².